The van der Waals surface area contributed by atoms with Crippen molar-refractivity contribution in [3.05, 3.63) is 23.8 Å². The van der Waals surface area contributed by atoms with E-state index in [4.69, 9.17) is 9.47 Å². The van der Waals surface area contributed by atoms with Crippen LogP contribution >= 0.6 is 0 Å². The summed E-state index contributed by atoms with van der Waals surface area (Å²) in [5, 5.41) is 0. The molecule has 1 unspecified atom stereocenters. The van der Waals surface area contributed by atoms with Crippen LogP contribution in [0, 0.1) is 5.92 Å². The van der Waals surface area contributed by atoms with Gasteiger partial charge in [0.15, 0.2) is 11.5 Å². The first-order chi connectivity index (χ1) is 17.0. The summed E-state index contributed by atoms with van der Waals surface area (Å²) < 4.78 is 11.5. The molecule has 0 spiro atoms. The normalized spacial score (nSPS) is 26.9. The molecule has 3 aliphatic rings. The predicted molar refractivity (Wildman–Crippen MR) is 138 cm³/mol. The highest BCUT2D eigenvalue weighted by Gasteiger charge is 2.45. The second kappa shape index (κ2) is 12.1. The zero-order valence-electron chi connectivity index (χ0n) is 22.0. The van der Waals surface area contributed by atoms with E-state index in [1.807, 2.05) is 28.0 Å². The molecule has 6 nitrogen and oxygen atoms in total. The summed E-state index contributed by atoms with van der Waals surface area (Å²) in [7, 11) is 1.63. The van der Waals surface area contributed by atoms with Gasteiger partial charge >= 0.3 is 0 Å². The molecule has 194 valence electrons. The summed E-state index contributed by atoms with van der Waals surface area (Å²) in [6.07, 6.45) is 13.0. The number of amides is 2. The van der Waals surface area contributed by atoms with Crippen LogP contribution in [0.15, 0.2) is 18.2 Å². The van der Waals surface area contributed by atoms with Crippen molar-refractivity contribution in [1.82, 2.24) is 9.80 Å². The fourth-order valence-electron chi connectivity index (χ4n) is 6.20. The summed E-state index contributed by atoms with van der Waals surface area (Å²) in [5.74, 6) is 2.18. The van der Waals surface area contributed by atoms with Crippen LogP contribution in [0.3, 0.4) is 0 Å². The number of carbonyl (C=O) groups excluding carboxylic acids is 2. The largest absolute Gasteiger partial charge is 0.493 e. The molecule has 1 aromatic carbocycles. The van der Waals surface area contributed by atoms with Gasteiger partial charge in [-0.1, -0.05) is 52.0 Å². The first-order valence-corrected chi connectivity index (χ1v) is 14.0. The number of methoxy groups -OCH3 is 1. The maximum absolute atomic E-state index is 14.2. The van der Waals surface area contributed by atoms with Crippen LogP contribution < -0.4 is 9.47 Å². The summed E-state index contributed by atoms with van der Waals surface area (Å²) in [4.78, 5) is 31.8. The maximum atomic E-state index is 14.2. The van der Waals surface area contributed by atoms with Crippen LogP contribution in [0.4, 0.5) is 0 Å². The summed E-state index contributed by atoms with van der Waals surface area (Å²) >= 11 is 0. The van der Waals surface area contributed by atoms with E-state index in [0.29, 0.717) is 24.0 Å². The topological polar surface area (TPSA) is 59.1 Å². The van der Waals surface area contributed by atoms with Gasteiger partial charge in [0.2, 0.25) is 5.91 Å². The summed E-state index contributed by atoms with van der Waals surface area (Å²) in [6.45, 7) is 5.19. The second-order valence-electron chi connectivity index (χ2n) is 10.8. The predicted octanol–water partition coefficient (Wildman–Crippen LogP) is 5.89. The first kappa shape index (κ1) is 25.8. The van der Waals surface area contributed by atoms with E-state index in [-0.39, 0.29) is 30.4 Å². The third-order valence-electron chi connectivity index (χ3n) is 8.25. The Bertz CT molecular complexity index is 856. The Labute approximate surface area is 211 Å². The van der Waals surface area contributed by atoms with Gasteiger partial charge in [-0.3, -0.25) is 9.59 Å². The van der Waals surface area contributed by atoms with Gasteiger partial charge < -0.3 is 19.3 Å². The van der Waals surface area contributed by atoms with Crippen molar-refractivity contribution < 1.29 is 19.1 Å². The smallest absolute Gasteiger partial charge is 0.250 e. The van der Waals surface area contributed by atoms with Gasteiger partial charge in [0.05, 0.1) is 13.7 Å². The van der Waals surface area contributed by atoms with Gasteiger partial charge in [0, 0.05) is 12.1 Å². The number of carbonyl (C=O) groups is 2. The van der Waals surface area contributed by atoms with Crippen molar-refractivity contribution in [2.75, 3.05) is 20.3 Å². The highest BCUT2D eigenvalue weighted by atomic mass is 16.5. The fourth-order valence-corrected chi connectivity index (χ4v) is 6.20. The molecule has 2 aliphatic carbocycles. The number of ether oxygens (including phenoxy) is 2. The van der Waals surface area contributed by atoms with E-state index in [9.17, 15) is 9.59 Å². The quantitative estimate of drug-likeness (QED) is 0.484. The van der Waals surface area contributed by atoms with E-state index >= 15 is 0 Å². The maximum Gasteiger partial charge on any atom is 0.250 e. The molecule has 3 fully saturated rings. The number of piperazine rings is 1. The first-order valence-electron chi connectivity index (χ1n) is 14.0. The number of nitrogens with zero attached hydrogens (tertiary/aromatic N) is 2. The fraction of sp³-hybridized carbons (Fsp3) is 0.724. The SMILES string of the molecule is CCCOc1ccc(C2C(=O)N(C3CCC(C)CC3)CC(=O)N2C2CCCCCCC2)cc1OC. The van der Waals surface area contributed by atoms with Crippen LogP contribution in [-0.2, 0) is 9.59 Å². The molecule has 1 heterocycles. The Morgan fingerprint density at radius 1 is 0.886 bits per heavy atom. The lowest BCUT2D eigenvalue weighted by molar-refractivity contribution is -0.162. The van der Waals surface area contributed by atoms with Gasteiger partial charge in [-0.2, -0.15) is 0 Å². The molecule has 35 heavy (non-hydrogen) atoms. The van der Waals surface area contributed by atoms with E-state index < -0.39 is 6.04 Å². The Morgan fingerprint density at radius 3 is 2.23 bits per heavy atom. The molecule has 1 saturated heterocycles. The number of rotatable bonds is 7. The molecule has 2 saturated carbocycles. The zero-order chi connectivity index (χ0) is 24.8. The van der Waals surface area contributed by atoms with Crippen LogP contribution in [0.2, 0.25) is 0 Å². The van der Waals surface area contributed by atoms with Crippen molar-refractivity contribution in [2.24, 2.45) is 5.92 Å². The van der Waals surface area contributed by atoms with E-state index in [1.54, 1.807) is 7.11 Å². The monoisotopic (exact) mass is 484 g/mol. The minimum absolute atomic E-state index is 0.0792. The lowest BCUT2D eigenvalue weighted by Crippen LogP contribution is -2.61. The van der Waals surface area contributed by atoms with Crippen LogP contribution in [0.5, 0.6) is 11.5 Å². The number of benzene rings is 1. The van der Waals surface area contributed by atoms with Crippen LogP contribution in [0.25, 0.3) is 0 Å². The van der Waals surface area contributed by atoms with Crippen molar-refractivity contribution >= 4 is 11.8 Å². The van der Waals surface area contributed by atoms with Gasteiger partial charge in [-0.15, -0.1) is 0 Å². The van der Waals surface area contributed by atoms with Gasteiger partial charge in [-0.25, -0.2) is 0 Å². The molecular weight excluding hydrogens is 440 g/mol. The molecule has 6 heteroatoms. The van der Waals surface area contributed by atoms with E-state index in [0.717, 1.165) is 63.4 Å². The lowest BCUT2D eigenvalue weighted by atomic mass is 9.85. The zero-order valence-corrected chi connectivity index (χ0v) is 22.0. The molecule has 1 aromatic rings. The minimum atomic E-state index is -0.589. The van der Waals surface area contributed by atoms with Crippen molar-refractivity contribution in [1.29, 1.82) is 0 Å². The lowest BCUT2D eigenvalue weighted by Gasteiger charge is -2.48. The molecule has 0 N–H and O–H groups in total. The standard InChI is InChI=1S/C29H44N2O4/c1-4-18-35-25-17-14-22(19-26(25)34-3)28-29(33)30(23-15-12-21(2)13-16-23)20-27(32)31(28)24-10-8-6-5-7-9-11-24/h14,17,19,21,23-24,28H,4-13,15-16,18,20H2,1-3H3. The highest BCUT2D eigenvalue weighted by molar-refractivity contribution is 5.96. The Kier molecular flexibility index (Phi) is 8.96. The second-order valence-corrected chi connectivity index (χ2v) is 10.8. The molecular formula is C29H44N2O4. The van der Waals surface area contributed by atoms with E-state index in [1.165, 1.54) is 19.3 Å². The van der Waals surface area contributed by atoms with Crippen LogP contribution in [-0.4, -0.2) is 54.0 Å². The minimum Gasteiger partial charge on any atom is -0.493 e. The average Bonchev–Trinajstić information content (AvgIpc) is 2.84. The molecule has 4 rings (SSSR count). The Balaban J connectivity index is 1.68. The molecule has 1 aliphatic heterocycles. The molecule has 0 radical (unpaired) electrons. The molecule has 2 amide bonds. The highest BCUT2D eigenvalue weighted by Crippen LogP contribution is 2.39. The molecule has 0 bridgehead atoms. The van der Waals surface area contributed by atoms with Crippen molar-refractivity contribution in [2.45, 2.75) is 109 Å². The Hall–Kier alpha value is -2.24. The summed E-state index contributed by atoms with van der Waals surface area (Å²) in [6, 6.07) is 5.48. The Morgan fingerprint density at radius 2 is 1.57 bits per heavy atom. The van der Waals surface area contributed by atoms with Crippen molar-refractivity contribution in [3.8, 4) is 11.5 Å². The molecule has 0 aromatic heterocycles. The van der Waals surface area contributed by atoms with Gasteiger partial charge in [0.1, 0.15) is 12.6 Å². The van der Waals surface area contributed by atoms with Crippen LogP contribution in [0.1, 0.15) is 103 Å². The third kappa shape index (κ3) is 5.95. The molecule has 1 atom stereocenters. The number of hydrogen-bond donors (Lipinski definition) is 0. The van der Waals surface area contributed by atoms with Crippen molar-refractivity contribution in [3.63, 3.8) is 0 Å². The van der Waals surface area contributed by atoms with Gasteiger partial charge in [-0.05, 0) is 68.6 Å². The number of hydrogen-bond acceptors (Lipinski definition) is 4. The third-order valence-corrected chi connectivity index (χ3v) is 8.25. The van der Waals surface area contributed by atoms with Gasteiger partial charge in [0.25, 0.3) is 5.91 Å². The van der Waals surface area contributed by atoms with E-state index in [2.05, 4.69) is 13.8 Å². The average molecular weight is 485 g/mol. The summed E-state index contributed by atoms with van der Waals surface area (Å²) in [5.41, 5.74) is 0.833.